The molecule has 2 rings (SSSR count). The van der Waals surface area contributed by atoms with Gasteiger partial charge in [-0.15, -0.1) is 0 Å². The topological polar surface area (TPSA) is 77.5 Å². The third-order valence-corrected chi connectivity index (χ3v) is 4.63. The van der Waals surface area contributed by atoms with Crippen LogP contribution in [0.15, 0.2) is 30.3 Å². The predicted octanol–water partition coefficient (Wildman–Crippen LogP) is 4.46. The molecule has 7 heteroatoms. The number of esters is 1. The first-order chi connectivity index (χ1) is 13.0. The van der Waals surface area contributed by atoms with Gasteiger partial charge in [-0.25, -0.2) is 9.78 Å². The fourth-order valence-electron chi connectivity index (χ4n) is 2.22. The van der Waals surface area contributed by atoms with E-state index in [0.29, 0.717) is 28.9 Å². The molecule has 1 amide bonds. The number of ether oxygens (including phenoxy) is 2. The van der Waals surface area contributed by atoms with Crippen molar-refractivity contribution in [3.8, 4) is 5.75 Å². The third kappa shape index (κ3) is 6.21. The Morgan fingerprint density at radius 3 is 2.78 bits per heavy atom. The Bertz CT molecular complexity index is 814. The molecule has 1 heterocycles. The van der Waals surface area contributed by atoms with Crippen molar-refractivity contribution < 1.29 is 19.1 Å². The zero-order valence-corrected chi connectivity index (χ0v) is 16.6. The number of rotatable bonds is 9. The van der Waals surface area contributed by atoms with Gasteiger partial charge < -0.3 is 9.47 Å². The van der Waals surface area contributed by atoms with E-state index >= 15 is 0 Å². The number of anilines is 1. The van der Waals surface area contributed by atoms with E-state index in [9.17, 15) is 9.59 Å². The molecule has 27 heavy (non-hydrogen) atoms. The smallest absolute Gasteiger partial charge is 0.350 e. The minimum Gasteiger partial charge on any atom is -0.493 e. The fourth-order valence-corrected chi connectivity index (χ4v) is 3.09. The van der Waals surface area contributed by atoms with Crippen LogP contribution in [0.25, 0.3) is 6.08 Å². The van der Waals surface area contributed by atoms with E-state index in [1.165, 1.54) is 6.08 Å². The highest BCUT2D eigenvalue weighted by molar-refractivity contribution is 7.17. The van der Waals surface area contributed by atoms with Gasteiger partial charge in [-0.1, -0.05) is 42.9 Å². The molecule has 0 saturated carbocycles. The molecule has 2 aromatic rings. The van der Waals surface area contributed by atoms with Crippen molar-refractivity contribution in [2.24, 2.45) is 0 Å². The van der Waals surface area contributed by atoms with Gasteiger partial charge in [0.2, 0.25) is 5.91 Å². The summed E-state index contributed by atoms with van der Waals surface area (Å²) in [6.45, 7) is 6.49. The Labute approximate surface area is 163 Å². The van der Waals surface area contributed by atoms with Gasteiger partial charge >= 0.3 is 5.97 Å². The summed E-state index contributed by atoms with van der Waals surface area (Å²) in [5, 5.41) is 3.03. The van der Waals surface area contributed by atoms with Crippen LogP contribution >= 0.6 is 11.3 Å². The van der Waals surface area contributed by atoms with E-state index in [2.05, 4.69) is 17.2 Å². The number of aromatic nitrogens is 1. The number of aryl methyl sites for hydroxylation is 1. The van der Waals surface area contributed by atoms with E-state index < -0.39 is 5.97 Å². The summed E-state index contributed by atoms with van der Waals surface area (Å²) >= 11 is 1.10. The number of thiazole rings is 1. The van der Waals surface area contributed by atoms with Crippen LogP contribution in [0.1, 0.15) is 47.6 Å². The summed E-state index contributed by atoms with van der Waals surface area (Å²) in [4.78, 5) is 28.6. The predicted molar refractivity (Wildman–Crippen MR) is 107 cm³/mol. The molecule has 1 aromatic heterocycles. The van der Waals surface area contributed by atoms with Crippen LogP contribution in [0.5, 0.6) is 5.75 Å². The van der Waals surface area contributed by atoms with Crippen LogP contribution in [-0.2, 0) is 9.53 Å². The lowest BCUT2D eigenvalue weighted by molar-refractivity contribution is -0.111. The molecule has 0 radical (unpaired) electrons. The van der Waals surface area contributed by atoms with Crippen LogP contribution < -0.4 is 10.1 Å². The molecule has 0 spiro atoms. The van der Waals surface area contributed by atoms with E-state index in [-0.39, 0.29) is 5.91 Å². The number of amides is 1. The molecule has 0 aliphatic carbocycles. The number of unbranched alkanes of at least 4 members (excludes halogenated alkanes) is 1. The second kappa shape index (κ2) is 10.5. The minimum atomic E-state index is -0.429. The third-order valence-electron chi connectivity index (χ3n) is 3.58. The molecule has 0 unspecified atom stereocenters. The highest BCUT2D eigenvalue weighted by Gasteiger charge is 2.17. The molecule has 0 atom stereocenters. The van der Waals surface area contributed by atoms with E-state index in [4.69, 9.17) is 9.47 Å². The van der Waals surface area contributed by atoms with Crippen LogP contribution in [0, 0.1) is 6.92 Å². The van der Waals surface area contributed by atoms with Gasteiger partial charge in [-0.2, -0.15) is 0 Å². The SMILES string of the molecule is CCCCOc1ccccc1C=CC(=O)Nc1nc(C)c(C(=O)OCC)s1. The molecule has 0 fully saturated rings. The lowest BCUT2D eigenvalue weighted by Gasteiger charge is -2.08. The maximum absolute atomic E-state index is 12.2. The standard InChI is InChI=1S/C20H24N2O4S/c1-4-6-13-26-16-10-8-7-9-15(16)11-12-17(23)22-20-21-14(3)18(27-20)19(24)25-5-2/h7-12H,4-6,13H2,1-3H3,(H,21,22,23). The van der Waals surface area contributed by atoms with Gasteiger partial charge in [0.05, 0.1) is 18.9 Å². The van der Waals surface area contributed by atoms with Crippen LogP contribution in [0.3, 0.4) is 0 Å². The molecule has 1 aromatic carbocycles. The monoisotopic (exact) mass is 388 g/mol. The van der Waals surface area contributed by atoms with Crippen molar-refractivity contribution >= 4 is 34.4 Å². The number of carbonyl (C=O) groups excluding carboxylic acids is 2. The van der Waals surface area contributed by atoms with E-state index in [1.54, 1.807) is 19.9 Å². The summed E-state index contributed by atoms with van der Waals surface area (Å²) in [7, 11) is 0. The van der Waals surface area contributed by atoms with Gasteiger partial charge in [0.25, 0.3) is 0 Å². The van der Waals surface area contributed by atoms with Gasteiger partial charge in [0.1, 0.15) is 10.6 Å². The lowest BCUT2D eigenvalue weighted by Crippen LogP contribution is -2.07. The molecular formula is C20H24N2O4S. The molecule has 144 valence electrons. The van der Waals surface area contributed by atoms with Gasteiger partial charge in [0.15, 0.2) is 5.13 Å². The van der Waals surface area contributed by atoms with Crippen molar-refractivity contribution in [1.82, 2.24) is 4.98 Å². The Hall–Kier alpha value is -2.67. The van der Waals surface area contributed by atoms with Gasteiger partial charge in [0, 0.05) is 11.6 Å². The number of carbonyl (C=O) groups is 2. The fraction of sp³-hybridized carbons (Fsp3) is 0.350. The van der Waals surface area contributed by atoms with Gasteiger partial charge in [-0.05, 0) is 32.4 Å². The van der Waals surface area contributed by atoms with Crippen LogP contribution in [0.2, 0.25) is 0 Å². The summed E-state index contributed by atoms with van der Waals surface area (Å²) in [6.07, 6.45) is 5.15. The average Bonchev–Trinajstić information content (AvgIpc) is 3.01. The maximum Gasteiger partial charge on any atom is 0.350 e. The van der Waals surface area contributed by atoms with Crippen molar-refractivity contribution in [2.45, 2.75) is 33.6 Å². The highest BCUT2D eigenvalue weighted by atomic mass is 32.1. The second-order valence-corrected chi connectivity index (χ2v) is 6.72. The molecule has 1 N–H and O–H groups in total. The molecule has 0 aliphatic rings. The first-order valence-corrected chi connectivity index (χ1v) is 9.72. The summed E-state index contributed by atoms with van der Waals surface area (Å²) < 4.78 is 10.7. The number of benzene rings is 1. The number of nitrogens with one attached hydrogen (secondary N) is 1. The number of hydrogen-bond donors (Lipinski definition) is 1. The first-order valence-electron chi connectivity index (χ1n) is 8.90. The molecule has 0 aliphatic heterocycles. The van der Waals surface area contributed by atoms with Crippen LogP contribution in [-0.4, -0.2) is 30.1 Å². The molecule has 0 saturated heterocycles. The van der Waals surface area contributed by atoms with Crippen molar-refractivity contribution in [1.29, 1.82) is 0 Å². The van der Waals surface area contributed by atoms with Crippen molar-refractivity contribution in [3.63, 3.8) is 0 Å². The second-order valence-electron chi connectivity index (χ2n) is 5.72. The summed E-state index contributed by atoms with van der Waals surface area (Å²) in [5.41, 5.74) is 1.36. The Kier molecular flexibility index (Phi) is 8.00. The lowest BCUT2D eigenvalue weighted by atomic mass is 10.2. The number of nitrogens with zero attached hydrogens (tertiary/aromatic N) is 1. The Balaban J connectivity index is 2.02. The zero-order valence-electron chi connectivity index (χ0n) is 15.8. The maximum atomic E-state index is 12.2. The van der Waals surface area contributed by atoms with E-state index in [1.807, 2.05) is 24.3 Å². The largest absolute Gasteiger partial charge is 0.493 e. The van der Waals surface area contributed by atoms with Crippen LogP contribution in [0.4, 0.5) is 5.13 Å². The quantitative estimate of drug-likeness (QED) is 0.390. The van der Waals surface area contributed by atoms with E-state index in [0.717, 1.165) is 35.5 Å². The molecule has 6 nitrogen and oxygen atoms in total. The molecule has 0 bridgehead atoms. The Morgan fingerprint density at radius 1 is 1.26 bits per heavy atom. The number of para-hydroxylation sites is 1. The number of hydrogen-bond acceptors (Lipinski definition) is 6. The Morgan fingerprint density at radius 2 is 2.04 bits per heavy atom. The highest BCUT2D eigenvalue weighted by Crippen LogP contribution is 2.24. The summed E-state index contributed by atoms with van der Waals surface area (Å²) in [5.74, 6) is -0.0195. The van der Waals surface area contributed by atoms with Crippen molar-refractivity contribution in [3.05, 3.63) is 46.5 Å². The van der Waals surface area contributed by atoms with Gasteiger partial charge in [-0.3, -0.25) is 10.1 Å². The summed E-state index contributed by atoms with van der Waals surface area (Å²) in [6, 6.07) is 7.55. The normalized spacial score (nSPS) is 10.8. The van der Waals surface area contributed by atoms with Crippen molar-refractivity contribution in [2.75, 3.05) is 18.5 Å². The average molecular weight is 388 g/mol. The molecular weight excluding hydrogens is 364 g/mol. The zero-order chi connectivity index (χ0) is 19.6. The minimum absolute atomic E-state index is 0.292. The first kappa shape index (κ1) is 20.6.